The van der Waals surface area contributed by atoms with Gasteiger partial charge in [-0.15, -0.1) is 0 Å². The predicted molar refractivity (Wildman–Crippen MR) is 49.0 cm³/mol. The lowest BCUT2D eigenvalue weighted by molar-refractivity contribution is -0.142. The Morgan fingerprint density at radius 3 is 2.85 bits per heavy atom. The molecule has 3 atom stereocenters. The molecule has 2 aliphatic carbocycles. The first-order valence-electron chi connectivity index (χ1n) is 5.00. The minimum Gasteiger partial charge on any atom is -0.469 e. The van der Waals surface area contributed by atoms with Crippen molar-refractivity contribution in [3.8, 4) is 0 Å². The highest BCUT2D eigenvalue weighted by atomic mass is 16.5. The number of fused-ring (bicyclic) bond motifs is 2. The molecule has 0 spiro atoms. The lowest BCUT2D eigenvalue weighted by Crippen LogP contribution is -2.46. The molecule has 74 valence electrons. The van der Waals surface area contributed by atoms with Crippen molar-refractivity contribution in [3.05, 3.63) is 0 Å². The summed E-state index contributed by atoms with van der Waals surface area (Å²) in [4.78, 5) is 11.1. The standard InChI is InChI=1S/C10H17NO2/c1-13-9(12)6-10(11)5-7-2-3-8(10)4-7/h7-8H,2-6,11H2,1H3. The van der Waals surface area contributed by atoms with Crippen molar-refractivity contribution in [3.63, 3.8) is 0 Å². The zero-order chi connectivity index (χ0) is 9.47. The molecule has 2 fully saturated rings. The molecule has 0 amide bonds. The summed E-state index contributed by atoms with van der Waals surface area (Å²) in [6, 6.07) is 0. The summed E-state index contributed by atoms with van der Waals surface area (Å²) >= 11 is 0. The van der Waals surface area contributed by atoms with Gasteiger partial charge in [0.05, 0.1) is 13.5 Å². The molecule has 0 aliphatic heterocycles. The molecule has 2 saturated carbocycles. The Bertz CT molecular complexity index is 229. The molecule has 0 aromatic carbocycles. The third-order valence-corrected chi connectivity index (χ3v) is 3.72. The van der Waals surface area contributed by atoms with Crippen molar-refractivity contribution < 1.29 is 9.53 Å². The highest BCUT2D eigenvalue weighted by Crippen LogP contribution is 2.50. The van der Waals surface area contributed by atoms with E-state index in [-0.39, 0.29) is 11.5 Å². The number of esters is 1. The topological polar surface area (TPSA) is 52.3 Å². The molecule has 0 aromatic rings. The van der Waals surface area contributed by atoms with Crippen LogP contribution in [0.4, 0.5) is 0 Å². The zero-order valence-electron chi connectivity index (χ0n) is 8.08. The van der Waals surface area contributed by atoms with Gasteiger partial charge in [-0.05, 0) is 31.1 Å². The predicted octanol–water partition coefficient (Wildman–Crippen LogP) is 1.07. The van der Waals surface area contributed by atoms with E-state index in [1.807, 2.05) is 0 Å². The molecular weight excluding hydrogens is 166 g/mol. The Morgan fingerprint density at radius 2 is 2.38 bits per heavy atom. The number of carbonyl (C=O) groups excluding carboxylic acids is 1. The first kappa shape index (κ1) is 9.00. The van der Waals surface area contributed by atoms with Crippen molar-refractivity contribution in [2.45, 2.75) is 37.6 Å². The van der Waals surface area contributed by atoms with Gasteiger partial charge in [0.25, 0.3) is 0 Å². The fourth-order valence-electron chi connectivity index (χ4n) is 3.04. The van der Waals surface area contributed by atoms with Crippen molar-refractivity contribution in [2.24, 2.45) is 17.6 Å². The molecule has 3 nitrogen and oxygen atoms in total. The van der Waals surface area contributed by atoms with Gasteiger partial charge in [-0.25, -0.2) is 0 Å². The smallest absolute Gasteiger partial charge is 0.307 e. The fourth-order valence-corrected chi connectivity index (χ4v) is 3.04. The van der Waals surface area contributed by atoms with Crippen LogP contribution in [-0.2, 0) is 9.53 Å². The van der Waals surface area contributed by atoms with Gasteiger partial charge >= 0.3 is 5.97 Å². The molecule has 13 heavy (non-hydrogen) atoms. The summed E-state index contributed by atoms with van der Waals surface area (Å²) in [5.41, 5.74) is 5.98. The molecule has 2 rings (SSSR count). The summed E-state index contributed by atoms with van der Waals surface area (Å²) in [6.07, 6.45) is 5.17. The number of methoxy groups -OCH3 is 1. The molecule has 0 aromatic heterocycles. The van der Waals surface area contributed by atoms with E-state index in [1.54, 1.807) is 0 Å². The minimum atomic E-state index is -0.240. The lowest BCUT2D eigenvalue weighted by atomic mass is 9.79. The number of hydrogen-bond acceptors (Lipinski definition) is 3. The van der Waals surface area contributed by atoms with Gasteiger partial charge in [-0.1, -0.05) is 6.42 Å². The SMILES string of the molecule is COC(=O)CC1(N)CC2CCC1C2. The average Bonchev–Trinajstić information content (AvgIpc) is 2.62. The molecule has 2 N–H and O–H groups in total. The first-order chi connectivity index (χ1) is 6.14. The van der Waals surface area contributed by atoms with Crippen LogP contribution in [0.25, 0.3) is 0 Å². The van der Waals surface area contributed by atoms with Gasteiger partial charge < -0.3 is 10.5 Å². The van der Waals surface area contributed by atoms with E-state index in [4.69, 9.17) is 5.73 Å². The van der Waals surface area contributed by atoms with Gasteiger partial charge in [-0.2, -0.15) is 0 Å². The van der Waals surface area contributed by atoms with Crippen LogP contribution < -0.4 is 5.73 Å². The maximum absolute atomic E-state index is 11.1. The second-order valence-corrected chi connectivity index (χ2v) is 4.57. The van der Waals surface area contributed by atoms with Crippen molar-refractivity contribution in [1.29, 1.82) is 0 Å². The fraction of sp³-hybridized carbons (Fsp3) is 0.900. The molecule has 0 saturated heterocycles. The Labute approximate surface area is 78.6 Å². The van der Waals surface area contributed by atoms with Gasteiger partial charge in [0.1, 0.15) is 0 Å². The Morgan fingerprint density at radius 1 is 1.62 bits per heavy atom. The Balaban J connectivity index is 2.01. The molecule has 2 bridgehead atoms. The number of hydrogen-bond donors (Lipinski definition) is 1. The van der Waals surface area contributed by atoms with E-state index < -0.39 is 0 Å². The van der Waals surface area contributed by atoms with E-state index in [1.165, 1.54) is 26.4 Å². The molecule has 3 heteroatoms. The van der Waals surface area contributed by atoms with Crippen molar-refractivity contribution >= 4 is 5.97 Å². The third kappa shape index (κ3) is 1.46. The van der Waals surface area contributed by atoms with Crippen LogP contribution in [0.1, 0.15) is 32.1 Å². The Hall–Kier alpha value is -0.570. The molecule has 0 heterocycles. The van der Waals surface area contributed by atoms with Gasteiger partial charge in [0.2, 0.25) is 0 Å². The van der Waals surface area contributed by atoms with Crippen molar-refractivity contribution in [2.75, 3.05) is 7.11 Å². The maximum atomic E-state index is 11.1. The van der Waals surface area contributed by atoms with Crippen LogP contribution in [0.15, 0.2) is 0 Å². The number of ether oxygens (including phenoxy) is 1. The quantitative estimate of drug-likeness (QED) is 0.651. The van der Waals surface area contributed by atoms with Crippen LogP contribution in [0.5, 0.6) is 0 Å². The molecule has 0 radical (unpaired) electrons. The van der Waals surface area contributed by atoms with Crippen LogP contribution in [0.3, 0.4) is 0 Å². The second-order valence-electron chi connectivity index (χ2n) is 4.57. The van der Waals surface area contributed by atoms with E-state index in [2.05, 4.69) is 4.74 Å². The number of rotatable bonds is 2. The van der Waals surface area contributed by atoms with Crippen molar-refractivity contribution in [1.82, 2.24) is 0 Å². The molecule has 2 aliphatic rings. The largest absolute Gasteiger partial charge is 0.469 e. The van der Waals surface area contributed by atoms with Crippen LogP contribution in [0.2, 0.25) is 0 Å². The van der Waals surface area contributed by atoms with E-state index in [9.17, 15) is 4.79 Å². The minimum absolute atomic E-state index is 0.157. The summed E-state index contributed by atoms with van der Waals surface area (Å²) < 4.78 is 4.67. The van der Waals surface area contributed by atoms with E-state index in [0.29, 0.717) is 12.3 Å². The van der Waals surface area contributed by atoms with E-state index in [0.717, 1.165) is 12.3 Å². The van der Waals surface area contributed by atoms with E-state index >= 15 is 0 Å². The number of nitrogens with two attached hydrogens (primary N) is 1. The summed E-state index contributed by atoms with van der Waals surface area (Å²) in [7, 11) is 1.43. The van der Waals surface area contributed by atoms with Crippen LogP contribution in [0, 0.1) is 11.8 Å². The average molecular weight is 183 g/mol. The molecule has 3 unspecified atom stereocenters. The summed E-state index contributed by atoms with van der Waals surface area (Å²) in [5.74, 6) is 1.19. The third-order valence-electron chi connectivity index (χ3n) is 3.72. The maximum Gasteiger partial charge on any atom is 0.307 e. The van der Waals surface area contributed by atoms with Gasteiger partial charge in [-0.3, -0.25) is 4.79 Å². The highest BCUT2D eigenvalue weighted by molar-refractivity contribution is 5.70. The first-order valence-corrected chi connectivity index (χ1v) is 5.00. The van der Waals surface area contributed by atoms with Gasteiger partial charge in [0, 0.05) is 5.54 Å². The van der Waals surface area contributed by atoms with Crippen LogP contribution >= 0.6 is 0 Å². The monoisotopic (exact) mass is 183 g/mol. The normalized spacial score (nSPS) is 42.3. The lowest BCUT2D eigenvalue weighted by Gasteiger charge is -2.32. The van der Waals surface area contributed by atoms with Crippen LogP contribution in [-0.4, -0.2) is 18.6 Å². The summed E-state index contributed by atoms with van der Waals surface area (Å²) in [5, 5.41) is 0. The number of carbonyl (C=O) groups is 1. The summed E-state index contributed by atoms with van der Waals surface area (Å²) in [6.45, 7) is 0. The zero-order valence-corrected chi connectivity index (χ0v) is 8.08. The van der Waals surface area contributed by atoms with Gasteiger partial charge in [0.15, 0.2) is 0 Å². The second kappa shape index (κ2) is 2.98. The highest BCUT2D eigenvalue weighted by Gasteiger charge is 2.49. The Kier molecular flexibility index (Phi) is 2.06. The molecular formula is C10H17NO2.